The van der Waals surface area contributed by atoms with Crippen molar-refractivity contribution in [2.24, 2.45) is 5.92 Å². The van der Waals surface area contributed by atoms with Crippen LogP contribution in [0.2, 0.25) is 0 Å². The lowest BCUT2D eigenvalue weighted by Crippen LogP contribution is -2.42. The first-order valence-electron chi connectivity index (χ1n) is 6.79. The molecule has 2 rings (SSSR count). The zero-order chi connectivity index (χ0) is 13.1. The number of hydrogen-bond acceptors (Lipinski definition) is 3. The Morgan fingerprint density at radius 2 is 2.22 bits per heavy atom. The second-order valence-corrected chi connectivity index (χ2v) is 5.43. The van der Waals surface area contributed by atoms with Crippen molar-refractivity contribution in [3.8, 4) is 0 Å². The van der Waals surface area contributed by atoms with Crippen molar-refractivity contribution in [1.82, 2.24) is 5.32 Å². The molecule has 1 aliphatic rings. The van der Waals surface area contributed by atoms with Crippen LogP contribution in [0, 0.1) is 12.8 Å². The molecular formula is C15H24N2O. The monoisotopic (exact) mass is 248 g/mol. The molecule has 18 heavy (non-hydrogen) atoms. The number of aliphatic hydroxyl groups excluding tert-OH is 1. The van der Waals surface area contributed by atoms with Gasteiger partial charge in [0.1, 0.15) is 0 Å². The fraction of sp³-hybridized carbons (Fsp3) is 0.600. The van der Waals surface area contributed by atoms with Crippen molar-refractivity contribution in [2.45, 2.75) is 32.9 Å². The van der Waals surface area contributed by atoms with E-state index in [9.17, 15) is 5.11 Å². The number of hydrogen-bond donors (Lipinski definition) is 2. The Bertz CT molecular complexity index is 405. The Morgan fingerprint density at radius 1 is 1.44 bits per heavy atom. The minimum Gasteiger partial charge on any atom is -0.393 e. The number of rotatable bonds is 3. The van der Waals surface area contributed by atoms with Gasteiger partial charge in [0.25, 0.3) is 0 Å². The minimum atomic E-state index is -0.134. The van der Waals surface area contributed by atoms with Gasteiger partial charge in [0.15, 0.2) is 0 Å². The van der Waals surface area contributed by atoms with Crippen molar-refractivity contribution in [3.63, 3.8) is 0 Å². The highest BCUT2D eigenvalue weighted by atomic mass is 16.3. The van der Waals surface area contributed by atoms with E-state index in [-0.39, 0.29) is 6.10 Å². The van der Waals surface area contributed by atoms with Crippen molar-refractivity contribution < 1.29 is 5.11 Å². The van der Waals surface area contributed by atoms with E-state index in [0.29, 0.717) is 5.92 Å². The average Bonchev–Trinajstić information content (AvgIpc) is 2.34. The van der Waals surface area contributed by atoms with E-state index in [2.05, 4.69) is 42.3 Å². The van der Waals surface area contributed by atoms with Crippen LogP contribution in [0.4, 0.5) is 5.69 Å². The van der Waals surface area contributed by atoms with Crippen LogP contribution >= 0.6 is 0 Å². The van der Waals surface area contributed by atoms with Crippen LogP contribution in [0.15, 0.2) is 18.2 Å². The topological polar surface area (TPSA) is 35.5 Å². The summed E-state index contributed by atoms with van der Waals surface area (Å²) in [6, 6.07) is 6.66. The van der Waals surface area contributed by atoms with Gasteiger partial charge in [-0.2, -0.15) is 0 Å². The summed E-state index contributed by atoms with van der Waals surface area (Å²) in [5.74, 6) is 0.357. The molecule has 1 aliphatic heterocycles. The molecule has 0 radical (unpaired) electrons. The second kappa shape index (κ2) is 5.72. The first-order valence-corrected chi connectivity index (χ1v) is 6.79. The third-order valence-electron chi connectivity index (χ3n) is 3.84. The predicted molar refractivity (Wildman–Crippen MR) is 75.9 cm³/mol. The van der Waals surface area contributed by atoms with Crippen molar-refractivity contribution in [1.29, 1.82) is 0 Å². The number of benzene rings is 1. The summed E-state index contributed by atoms with van der Waals surface area (Å²) in [4.78, 5) is 2.40. The van der Waals surface area contributed by atoms with Crippen molar-refractivity contribution in [3.05, 3.63) is 29.3 Å². The third-order valence-corrected chi connectivity index (χ3v) is 3.84. The second-order valence-electron chi connectivity index (χ2n) is 5.43. The van der Waals surface area contributed by atoms with Crippen LogP contribution in [0.5, 0.6) is 0 Å². The molecule has 100 valence electrons. The van der Waals surface area contributed by atoms with E-state index in [4.69, 9.17) is 0 Å². The van der Waals surface area contributed by atoms with E-state index in [0.717, 1.165) is 26.1 Å². The molecule has 1 aromatic rings. The molecule has 1 fully saturated rings. The molecule has 1 heterocycles. The van der Waals surface area contributed by atoms with E-state index >= 15 is 0 Å². The van der Waals surface area contributed by atoms with Gasteiger partial charge < -0.3 is 15.3 Å². The smallest absolute Gasteiger partial charge is 0.0599 e. The predicted octanol–water partition coefficient (Wildman–Crippen LogP) is 1.92. The lowest BCUT2D eigenvalue weighted by Gasteiger charge is -2.36. The van der Waals surface area contributed by atoms with Gasteiger partial charge in [-0.15, -0.1) is 0 Å². The van der Waals surface area contributed by atoms with Gasteiger partial charge in [-0.3, -0.25) is 0 Å². The highest BCUT2D eigenvalue weighted by molar-refractivity contribution is 5.54. The molecule has 1 aromatic carbocycles. The van der Waals surface area contributed by atoms with Gasteiger partial charge >= 0.3 is 0 Å². The fourth-order valence-corrected chi connectivity index (χ4v) is 2.74. The Hall–Kier alpha value is -1.06. The van der Waals surface area contributed by atoms with Crippen LogP contribution in [0.3, 0.4) is 0 Å². The van der Waals surface area contributed by atoms with Crippen LogP contribution in [0.25, 0.3) is 0 Å². The zero-order valence-electron chi connectivity index (χ0n) is 11.6. The van der Waals surface area contributed by atoms with E-state index in [1.807, 2.05) is 7.05 Å². The zero-order valence-corrected chi connectivity index (χ0v) is 11.6. The minimum absolute atomic E-state index is 0.134. The molecule has 3 nitrogen and oxygen atoms in total. The summed E-state index contributed by atoms with van der Waals surface area (Å²) in [5, 5.41) is 13.0. The SMILES string of the molecule is CNCc1ccc(N2CCC(O)C(C)C2)c(C)c1. The van der Waals surface area contributed by atoms with Crippen LogP contribution in [0.1, 0.15) is 24.5 Å². The highest BCUT2D eigenvalue weighted by Crippen LogP contribution is 2.26. The van der Waals surface area contributed by atoms with Crippen LogP contribution in [-0.2, 0) is 6.54 Å². The maximum absolute atomic E-state index is 9.79. The Labute approximate surface area is 110 Å². The summed E-state index contributed by atoms with van der Waals surface area (Å²) < 4.78 is 0. The molecule has 0 amide bonds. The Morgan fingerprint density at radius 3 is 2.83 bits per heavy atom. The Kier molecular flexibility index (Phi) is 4.25. The quantitative estimate of drug-likeness (QED) is 0.858. The first-order chi connectivity index (χ1) is 8.61. The molecule has 2 N–H and O–H groups in total. The lowest BCUT2D eigenvalue weighted by molar-refractivity contribution is 0.0970. The maximum atomic E-state index is 9.79. The number of aliphatic hydroxyl groups is 1. The van der Waals surface area contributed by atoms with Gasteiger partial charge in [0, 0.05) is 25.3 Å². The van der Waals surface area contributed by atoms with E-state index in [1.165, 1.54) is 16.8 Å². The lowest BCUT2D eigenvalue weighted by atomic mass is 9.95. The van der Waals surface area contributed by atoms with Crippen LogP contribution in [-0.4, -0.2) is 31.3 Å². The van der Waals surface area contributed by atoms with Crippen molar-refractivity contribution >= 4 is 5.69 Å². The fourth-order valence-electron chi connectivity index (χ4n) is 2.74. The van der Waals surface area contributed by atoms with Crippen LogP contribution < -0.4 is 10.2 Å². The number of nitrogens with one attached hydrogen (secondary N) is 1. The molecule has 0 saturated carbocycles. The van der Waals surface area contributed by atoms with Gasteiger partial charge in [-0.05, 0) is 43.5 Å². The molecule has 1 saturated heterocycles. The van der Waals surface area contributed by atoms with Gasteiger partial charge in [-0.1, -0.05) is 19.1 Å². The summed E-state index contributed by atoms with van der Waals surface area (Å²) in [6.45, 7) is 7.12. The Balaban J connectivity index is 2.13. The van der Waals surface area contributed by atoms with E-state index in [1.54, 1.807) is 0 Å². The molecule has 3 heteroatoms. The number of nitrogens with zero attached hydrogens (tertiary/aromatic N) is 1. The molecule has 0 aromatic heterocycles. The summed E-state index contributed by atoms with van der Waals surface area (Å²) in [6.07, 6.45) is 0.740. The largest absolute Gasteiger partial charge is 0.393 e. The van der Waals surface area contributed by atoms with E-state index < -0.39 is 0 Å². The average molecular weight is 248 g/mol. The van der Waals surface area contributed by atoms with Gasteiger partial charge in [0.05, 0.1) is 6.10 Å². The molecule has 2 atom stereocenters. The standard InChI is InChI=1S/C15H24N2O/c1-11-8-13(9-16-3)4-5-14(11)17-7-6-15(18)12(2)10-17/h4-5,8,12,15-16,18H,6-7,9-10H2,1-3H3. The molecular weight excluding hydrogens is 224 g/mol. The third kappa shape index (κ3) is 2.85. The maximum Gasteiger partial charge on any atom is 0.0599 e. The molecule has 2 unspecified atom stereocenters. The van der Waals surface area contributed by atoms with Gasteiger partial charge in [0.2, 0.25) is 0 Å². The van der Waals surface area contributed by atoms with Crippen molar-refractivity contribution in [2.75, 3.05) is 25.0 Å². The van der Waals surface area contributed by atoms with Gasteiger partial charge in [-0.25, -0.2) is 0 Å². The summed E-state index contributed by atoms with van der Waals surface area (Å²) in [7, 11) is 1.97. The molecule has 0 aliphatic carbocycles. The highest BCUT2D eigenvalue weighted by Gasteiger charge is 2.24. The number of anilines is 1. The molecule has 0 spiro atoms. The summed E-state index contributed by atoms with van der Waals surface area (Å²) in [5.41, 5.74) is 3.96. The normalized spacial score (nSPS) is 24.3. The first kappa shape index (κ1) is 13.4. The number of aryl methyl sites for hydroxylation is 1. The molecule has 0 bridgehead atoms. The number of piperidine rings is 1. The summed E-state index contributed by atoms with van der Waals surface area (Å²) >= 11 is 0.